The number of nitrogens with two attached hydrogens (primary N) is 1. The Hall–Kier alpha value is -1.74. The van der Waals surface area contributed by atoms with Gasteiger partial charge >= 0.3 is 5.97 Å². The molecule has 0 bridgehead atoms. The van der Waals surface area contributed by atoms with E-state index >= 15 is 0 Å². The van der Waals surface area contributed by atoms with Gasteiger partial charge in [0.2, 0.25) is 0 Å². The maximum atomic E-state index is 10.9. The van der Waals surface area contributed by atoms with Crippen molar-refractivity contribution in [1.29, 1.82) is 0 Å². The Labute approximate surface area is 92.9 Å². The Morgan fingerprint density at radius 1 is 1.07 bits per heavy atom. The summed E-state index contributed by atoms with van der Waals surface area (Å²) in [5.74, 6) is -0.929. The molecule has 2 rings (SSSR count). The van der Waals surface area contributed by atoms with Crippen LogP contribution < -0.4 is 5.73 Å². The fraction of sp³-hybridized carbons (Fsp3) is 0. The van der Waals surface area contributed by atoms with Crippen LogP contribution in [0.15, 0.2) is 36.4 Å². The summed E-state index contributed by atoms with van der Waals surface area (Å²) in [6.45, 7) is 0. The highest BCUT2D eigenvalue weighted by Gasteiger charge is 2.08. The van der Waals surface area contributed by atoms with E-state index in [0.29, 0.717) is 11.1 Å². The number of halogens is 1. The topological polar surface area (TPSA) is 63.3 Å². The highest BCUT2D eigenvalue weighted by Crippen LogP contribution is 2.23. The van der Waals surface area contributed by atoms with Crippen LogP contribution in [0.5, 0.6) is 0 Å². The summed E-state index contributed by atoms with van der Waals surface area (Å²) < 4.78 is 0. The lowest BCUT2D eigenvalue weighted by molar-refractivity contribution is 0.0699. The van der Waals surface area contributed by atoms with Gasteiger partial charge in [0.25, 0.3) is 0 Å². The number of hydrogen-bond donors (Lipinski definition) is 2. The minimum absolute atomic E-state index is 0. The van der Waals surface area contributed by atoms with E-state index in [2.05, 4.69) is 0 Å². The van der Waals surface area contributed by atoms with Gasteiger partial charge in [-0.3, -0.25) is 0 Å². The quantitative estimate of drug-likeness (QED) is 0.731. The van der Waals surface area contributed by atoms with E-state index < -0.39 is 5.97 Å². The van der Waals surface area contributed by atoms with Crippen LogP contribution in [0.2, 0.25) is 0 Å². The third kappa shape index (κ3) is 1.87. The number of fused-ring (bicyclic) bond motifs is 1. The minimum Gasteiger partial charge on any atom is -0.478 e. The van der Waals surface area contributed by atoms with Crippen molar-refractivity contribution in [2.45, 2.75) is 0 Å². The molecule has 0 fully saturated rings. The van der Waals surface area contributed by atoms with Gasteiger partial charge in [-0.1, -0.05) is 24.3 Å². The Morgan fingerprint density at radius 3 is 2.33 bits per heavy atom. The van der Waals surface area contributed by atoms with E-state index in [1.165, 1.54) is 0 Å². The lowest BCUT2D eigenvalue weighted by atomic mass is 10.0. The number of carboxylic acids is 1. The maximum absolute atomic E-state index is 10.9. The molecule has 0 atom stereocenters. The molecule has 0 aliphatic heterocycles. The van der Waals surface area contributed by atoms with Crippen molar-refractivity contribution in [3.8, 4) is 0 Å². The Morgan fingerprint density at radius 2 is 1.67 bits per heavy atom. The number of aromatic carboxylic acids is 1. The molecule has 0 saturated carbocycles. The van der Waals surface area contributed by atoms with Crippen molar-refractivity contribution in [3.05, 3.63) is 42.0 Å². The van der Waals surface area contributed by atoms with E-state index in [4.69, 9.17) is 10.8 Å². The lowest BCUT2D eigenvalue weighted by Crippen LogP contribution is -1.98. The highest BCUT2D eigenvalue weighted by molar-refractivity contribution is 6.06. The number of rotatable bonds is 1. The number of benzene rings is 2. The summed E-state index contributed by atoms with van der Waals surface area (Å²) in [6, 6.07) is 10.4. The third-order valence-corrected chi connectivity index (χ3v) is 2.19. The van der Waals surface area contributed by atoms with E-state index in [9.17, 15) is 4.79 Å². The summed E-state index contributed by atoms with van der Waals surface area (Å²) in [5.41, 5.74) is 6.62. The van der Waals surface area contributed by atoms with Crippen LogP contribution in [-0.4, -0.2) is 11.1 Å². The van der Waals surface area contributed by atoms with Gasteiger partial charge in [0.15, 0.2) is 0 Å². The number of nitrogen functional groups attached to an aromatic ring is 1. The number of hydrogen-bond acceptors (Lipinski definition) is 2. The van der Waals surface area contributed by atoms with Crippen molar-refractivity contribution in [1.82, 2.24) is 0 Å². The van der Waals surface area contributed by atoms with Crippen molar-refractivity contribution in [2.75, 3.05) is 5.73 Å². The summed E-state index contributed by atoms with van der Waals surface area (Å²) in [7, 11) is 0. The smallest absolute Gasteiger partial charge is 0.336 e. The van der Waals surface area contributed by atoms with Crippen LogP contribution in [0.1, 0.15) is 10.4 Å². The Bertz CT molecular complexity index is 511. The molecule has 0 heterocycles. The average Bonchev–Trinajstić information content (AvgIpc) is 2.17. The van der Waals surface area contributed by atoms with Crippen LogP contribution in [0.25, 0.3) is 10.8 Å². The zero-order valence-corrected chi connectivity index (χ0v) is 8.62. The predicted molar refractivity (Wildman–Crippen MR) is 62.6 cm³/mol. The van der Waals surface area contributed by atoms with E-state index in [-0.39, 0.29) is 18.0 Å². The first-order valence-corrected chi connectivity index (χ1v) is 4.20. The fourth-order valence-electron chi connectivity index (χ4n) is 1.52. The predicted octanol–water partition coefficient (Wildman–Crippen LogP) is 2.54. The number of carboxylic acid groups (broad SMARTS) is 1. The van der Waals surface area contributed by atoms with Gasteiger partial charge in [0.05, 0.1) is 5.56 Å². The molecule has 3 nitrogen and oxygen atoms in total. The second kappa shape index (κ2) is 4.19. The number of anilines is 1. The number of carbonyl (C=O) groups is 1. The van der Waals surface area contributed by atoms with Gasteiger partial charge in [-0.05, 0) is 17.5 Å². The second-order valence-corrected chi connectivity index (χ2v) is 3.05. The first-order chi connectivity index (χ1) is 6.70. The Balaban J connectivity index is 0.00000112. The van der Waals surface area contributed by atoms with Gasteiger partial charge in [0.1, 0.15) is 0 Å². The van der Waals surface area contributed by atoms with Gasteiger partial charge in [-0.15, -0.1) is 12.4 Å². The summed E-state index contributed by atoms with van der Waals surface area (Å²) in [4.78, 5) is 10.9. The van der Waals surface area contributed by atoms with Crippen molar-refractivity contribution in [3.63, 3.8) is 0 Å². The van der Waals surface area contributed by atoms with Crippen LogP contribution in [-0.2, 0) is 0 Å². The molecule has 2 aromatic carbocycles. The molecule has 0 aliphatic rings. The van der Waals surface area contributed by atoms with Crippen LogP contribution >= 0.6 is 12.4 Å². The fourth-order valence-corrected chi connectivity index (χ4v) is 1.52. The molecule has 15 heavy (non-hydrogen) atoms. The van der Waals surface area contributed by atoms with Crippen LogP contribution in [0.4, 0.5) is 5.69 Å². The summed E-state index contributed by atoms with van der Waals surface area (Å²) >= 11 is 0. The molecule has 4 heteroatoms. The monoisotopic (exact) mass is 223 g/mol. The third-order valence-electron chi connectivity index (χ3n) is 2.19. The molecule has 0 spiro atoms. The average molecular weight is 224 g/mol. The van der Waals surface area contributed by atoms with Gasteiger partial charge in [-0.25, -0.2) is 4.79 Å². The summed E-state index contributed by atoms with van der Waals surface area (Å²) in [5, 5.41) is 10.4. The molecule has 78 valence electrons. The zero-order chi connectivity index (χ0) is 10.1. The summed E-state index contributed by atoms with van der Waals surface area (Å²) in [6.07, 6.45) is 0. The van der Waals surface area contributed by atoms with Gasteiger partial charge < -0.3 is 10.8 Å². The van der Waals surface area contributed by atoms with E-state index in [0.717, 1.165) is 5.39 Å². The minimum atomic E-state index is -0.929. The molecule has 2 aromatic rings. The molecular formula is C11H10ClNO2. The first kappa shape index (κ1) is 11.3. The standard InChI is InChI=1S/C11H9NO2.ClH/c12-10-6-2-3-7-8(10)4-1-5-9(7)11(13)14;/h1-6H,12H2,(H,13,14);1H. The van der Waals surface area contributed by atoms with Gasteiger partial charge in [0, 0.05) is 11.1 Å². The molecule has 0 radical (unpaired) electrons. The molecule has 0 saturated heterocycles. The lowest BCUT2D eigenvalue weighted by Gasteiger charge is -2.04. The van der Waals surface area contributed by atoms with Crippen molar-refractivity contribution >= 4 is 34.8 Å². The molecular weight excluding hydrogens is 214 g/mol. The molecule has 3 N–H and O–H groups in total. The largest absolute Gasteiger partial charge is 0.478 e. The normalized spacial score (nSPS) is 9.60. The highest BCUT2D eigenvalue weighted by atomic mass is 35.5. The van der Waals surface area contributed by atoms with E-state index in [1.54, 1.807) is 30.3 Å². The molecule has 0 aliphatic carbocycles. The maximum Gasteiger partial charge on any atom is 0.336 e. The second-order valence-electron chi connectivity index (χ2n) is 3.05. The first-order valence-electron chi connectivity index (χ1n) is 4.20. The zero-order valence-electron chi connectivity index (χ0n) is 7.81. The molecule has 0 unspecified atom stereocenters. The van der Waals surface area contributed by atoms with Crippen molar-refractivity contribution < 1.29 is 9.90 Å². The molecule has 0 amide bonds. The van der Waals surface area contributed by atoms with Crippen molar-refractivity contribution in [2.24, 2.45) is 0 Å². The SMILES string of the molecule is Cl.Nc1cccc2c(C(=O)O)cccc12. The Kier molecular flexibility index (Phi) is 3.17. The van der Waals surface area contributed by atoms with Crippen LogP contribution in [0.3, 0.4) is 0 Å². The van der Waals surface area contributed by atoms with Crippen LogP contribution in [0, 0.1) is 0 Å². The van der Waals surface area contributed by atoms with E-state index in [1.807, 2.05) is 6.07 Å². The van der Waals surface area contributed by atoms with Gasteiger partial charge in [-0.2, -0.15) is 0 Å². The molecule has 0 aromatic heterocycles.